The van der Waals surface area contributed by atoms with Crippen LogP contribution in [0.5, 0.6) is 0 Å². The van der Waals surface area contributed by atoms with E-state index in [0.29, 0.717) is 126 Å². The quantitative estimate of drug-likeness (QED) is 0.0615. The largest absolute Gasteiger partial charge is 0.393 e. The van der Waals surface area contributed by atoms with Crippen LogP contribution in [0.25, 0.3) is 0 Å². The number of aliphatic imine (C=N–C) groups is 1. The van der Waals surface area contributed by atoms with Crippen LogP contribution in [0.15, 0.2) is 205 Å². The topological polar surface area (TPSA) is 236 Å². The third kappa shape index (κ3) is 19.3. The van der Waals surface area contributed by atoms with E-state index in [4.69, 9.17) is 0 Å². The third-order valence-electron chi connectivity index (χ3n) is 27.5. The fourth-order valence-electron chi connectivity index (χ4n) is 21.3. The van der Waals surface area contributed by atoms with Crippen molar-refractivity contribution >= 4 is 35.7 Å². The molecule has 12 rings (SSSR count). The van der Waals surface area contributed by atoms with Crippen molar-refractivity contribution < 1.29 is 55.9 Å². The smallest absolute Gasteiger partial charge is 0.178 e. The average molecular weight is 1510 g/mol. The van der Waals surface area contributed by atoms with Gasteiger partial charge in [0.05, 0.1) is 68.6 Å². The lowest BCUT2D eigenvalue weighted by atomic mass is 9.61. The minimum atomic E-state index is -3.32. The lowest BCUT2D eigenvalue weighted by Crippen LogP contribution is -2.36. The molecule has 9 fully saturated rings. The molecule has 9 saturated carbocycles. The number of rotatable bonds is 19. The third-order valence-corrected chi connectivity index (χ3v) is 32.8. The zero-order valence-electron chi connectivity index (χ0n) is 64.7. The second-order valence-electron chi connectivity index (χ2n) is 34.3. The van der Waals surface area contributed by atoms with Crippen LogP contribution in [-0.4, -0.2) is 123 Å². The molecule has 9 aliphatic rings. The molecule has 0 radical (unpaired) electrons. The summed E-state index contributed by atoms with van der Waals surface area (Å²) in [6.07, 6.45) is 33.1. The normalized spacial score (nSPS) is 34.7. The molecule has 13 nitrogen and oxygen atoms in total. The molecule has 0 bridgehead atoms. The Kier molecular flexibility index (Phi) is 27.7. The van der Waals surface area contributed by atoms with Gasteiger partial charge in [0.2, 0.25) is 0 Å². The molecule has 16 heteroatoms. The van der Waals surface area contributed by atoms with Crippen LogP contribution in [0.2, 0.25) is 0 Å². The lowest BCUT2D eigenvalue weighted by Gasteiger charge is -2.44. The number of sulfone groups is 3. The Morgan fingerprint density at radius 3 is 1.06 bits per heavy atom. The number of benzene rings is 3. The number of nitrogens with zero attached hydrogens (tertiary/aromatic N) is 1. The van der Waals surface area contributed by atoms with Gasteiger partial charge in [0.25, 0.3) is 0 Å². The number of aryl methyl sites for hydroxylation is 1. The van der Waals surface area contributed by atoms with E-state index >= 15 is 0 Å². The van der Waals surface area contributed by atoms with Gasteiger partial charge in [-0.1, -0.05) is 162 Å². The van der Waals surface area contributed by atoms with Gasteiger partial charge in [0.15, 0.2) is 29.5 Å². The maximum Gasteiger partial charge on any atom is 0.178 e. The molecule has 0 aliphatic heterocycles. The first-order chi connectivity index (χ1) is 50.2. The summed E-state index contributed by atoms with van der Waals surface area (Å²) in [7, 11) is -8.14. The summed E-state index contributed by atoms with van der Waals surface area (Å²) in [6.45, 7) is 28.1. The molecule has 0 spiro atoms. The Bertz CT molecular complexity index is 4180. The van der Waals surface area contributed by atoms with Crippen molar-refractivity contribution in [2.45, 2.75) is 254 Å². The summed E-state index contributed by atoms with van der Waals surface area (Å²) in [6, 6.07) is 23.0. The molecule has 9 aliphatic carbocycles. The van der Waals surface area contributed by atoms with Crippen LogP contribution in [0.4, 0.5) is 0 Å². The lowest BCUT2D eigenvalue weighted by molar-refractivity contribution is 0.0855. The van der Waals surface area contributed by atoms with Crippen molar-refractivity contribution in [2.75, 3.05) is 24.3 Å². The van der Waals surface area contributed by atoms with Crippen molar-refractivity contribution in [1.82, 2.24) is 0 Å². The van der Waals surface area contributed by atoms with Gasteiger partial charge in [0, 0.05) is 32.5 Å². The molecule has 0 aromatic heterocycles. The molecule has 0 saturated heterocycles. The van der Waals surface area contributed by atoms with E-state index in [-0.39, 0.29) is 33.5 Å². The first kappa shape index (κ1) is 83.1. The van der Waals surface area contributed by atoms with Gasteiger partial charge in [-0.25, -0.2) is 25.3 Å². The Hall–Kier alpha value is -5.40. The van der Waals surface area contributed by atoms with Crippen LogP contribution in [0.1, 0.15) is 207 Å². The van der Waals surface area contributed by atoms with E-state index in [0.717, 1.165) is 122 Å². The molecule has 3 aromatic rings. The van der Waals surface area contributed by atoms with Crippen molar-refractivity contribution in [3.05, 3.63) is 196 Å². The molecule has 0 amide bonds. The number of fused-ring (bicyclic) bond motifs is 3. The van der Waals surface area contributed by atoms with Crippen LogP contribution in [0.3, 0.4) is 0 Å². The molecular formula is C90H125NO12S3. The Morgan fingerprint density at radius 2 is 0.745 bits per heavy atom. The van der Waals surface area contributed by atoms with E-state index < -0.39 is 66.1 Å². The number of hydrogen-bond donors (Lipinski definition) is 6. The van der Waals surface area contributed by atoms with Crippen molar-refractivity contribution in [1.29, 1.82) is 0 Å². The van der Waals surface area contributed by atoms with Gasteiger partial charge in [-0.15, -0.1) is 0 Å². The Balaban J connectivity index is 0.000000170. The summed E-state index contributed by atoms with van der Waals surface area (Å²) < 4.78 is 77.6. The molecule has 106 heavy (non-hydrogen) atoms. The van der Waals surface area contributed by atoms with Crippen LogP contribution in [0, 0.1) is 76.4 Å². The molecule has 0 unspecified atom stereocenters. The molecule has 3 aromatic carbocycles. The van der Waals surface area contributed by atoms with Gasteiger partial charge in [0.1, 0.15) is 0 Å². The summed E-state index contributed by atoms with van der Waals surface area (Å²) >= 11 is 0. The fourth-order valence-corrected chi connectivity index (χ4v) is 25.7. The molecule has 580 valence electrons. The summed E-state index contributed by atoms with van der Waals surface area (Å²) in [5.41, 5.74) is 12.0. The minimum absolute atomic E-state index is 0.175. The summed E-state index contributed by atoms with van der Waals surface area (Å²) in [4.78, 5) is 5.23. The molecule has 0 heterocycles. The number of allylic oxidation sites excluding steroid dienone is 9. The highest BCUT2D eigenvalue weighted by Crippen LogP contribution is 2.63. The second kappa shape index (κ2) is 35.3. The Morgan fingerprint density at radius 1 is 0.443 bits per heavy atom. The fraction of sp³-hybridized carbons (Fsp3) is 0.589. The maximum absolute atomic E-state index is 13.1. The SMILES string of the molecule is C=C1/C(=C\C=C2/CCC[C@]3(C)[C@@H]([C@H](C)CCS(=O)(=O)c4ccc(C)cc4)CC[C@@H]23)C[C@@H](O)C[C@@H]1O.C=C1/C(=C\C=C2/CCC[C@]3(C)[C@@H]([C@H](C)CCS(=O)(=O)c4ccc(C=NC)cc4)CC[C@@H]23)C[C@@H](O)C[C@@H]1O.C=C1/C(=C\C=C2/CCC[C@]3(C)[C@@H]([C@H](C)CCS(=O)(=O)c4ccccc4)CC[C@@H]23)C[C@@H](O)C[C@@H]1O. The van der Waals surface area contributed by atoms with E-state index in [1.807, 2.05) is 25.1 Å². The number of aliphatic hydroxyl groups excluding tert-OH is 6. The number of aliphatic hydroxyl groups is 6. The van der Waals surface area contributed by atoms with Gasteiger partial charge in [-0.05, 0) is 287 Å². The van der Waals surface area contributed by atoms with Gasteiger partial charge >= 0.3 is 0 Å². The first-order valence-electron chi connectivity index (χ1n) is 39.8. The minimum Gasteiger partial charge on any atom is -0.393 e. The monoisotopic (exact) mass is 1510 g/mol. The predicted octanol–water partition coefficient (Wildman–Crippen LogP) is 17.2. The van der Waals surface area contributed by atoms with Gasteiger partial charge < -0.3 is 30.6 Å². The average Bonchev–Trinajstić information content (AvgIpc) is 1.61. The van der Waals surface area contributed by atoms with Crippen LogP contribution >= 0.6 is 0 Å². The second-order valence-corrected chi connectivity index (χ2v) is 40.7. The highest BCUT2D eigenvalue weighted by atomic mass is 32.2. The Labute approximate surface area is 636 Å². The highest BCUT2D eigenvalue weighted by Gasteiger charge is 2.53. The predicted molar refractivity (Wildman–Crippen MR) is 429 cm³/mol. The van der Waals surface area contributed by atoms with E-state index in [1.165, 1.54) is 36.0 Å². The summed E-state index contributed by atoms with van der Waals surface area (Å²) in [5, 5.41) is 60.8. The molecular weight excluding hydrogens is 1380 g/mol. The van der Waals surface area contributed by atoms with Gasteiger partial charge in [-0.2, -0.15) is 0 Å². The zero-order valence-corrected chi connectivity index (χ0v) is 67.2. The zero-order chi connectivity index (χ0) is 76.7. The van der Waals surface area contributed by atoms with Crippen molar-refractivity contribution in [2.24, 2.45) is 74.5 Å². The van der Waals surface area contributed by atoms with E-state index in [1.54, 1.807) is 73.9 Å². The maximum atomic E-state index is 13.1. The first-order valence-corrected chi connectivity index (χ1v) is 44.8. The molecule has 6 N–H and O–H groups in total. The standard InChI is InChI=1S/C31H43NO4S.C30H42O4S.C29H40O4S/c1-21(15-17-37(35,36)27-11-7-23(8-12-27)20-32-4)28-13-14-29-24(6-5-16-31(28,29)3)9-10-25-18-26(33)19-30(34)22(25)2;1-20-7-11-26(12-8-20)35(33,34)17-15-21(2)27-13-14-28-23(6-5-16-30(27,28)4)9-10-24-18-25(31)19-29(32)22(24)3;1-20(15-17-34(32,33)25-9-5-4-6-10-25)26-13-14-27-22(8-7-16-29(26,27)3)11-12-23-18-24(30)19-28(31)21(23)2/h7-12,20-21,26,28-30,33-34H,2,5-6,13-19H2,1,3-4H3;7-12,21,25,27-29,31-32H,3,5-6,13-19H2,1-2,4H3;4-6,9-12,20,24,26-28,30-31H,2,7-8,13-19H2,1,3H3/b24-9+,25-10-,32-20?;23-9+,24-10-;22-11+,23-12-/t21-,26-,28-,29+,30+,31-;21-,25-,27-,28+,29+,30-;20-,24-,26-,27+,28+,29-/m111/s1. The van der Waals surface area contributed by atoms with Crippen molar-refractivity contribution in [3.8, 4) is 0 Å². The number of hydrogen-bond acceptors (Lipinski definition) is 13. The van der Waals surface area contributed by atoms with Gasteiger partial charge in [-0.3, -0.25) is 4.99 Å². The van der Waals surface area contributed by atoms with Crippen LogP contribution < -0.4 is 0 Å². The van der Waals surface area contributed by atoms with E-state index in [9.17, 15) is 55.9 Å². The van der Waals surface area contributed by atoms with E-state index in [2.05, 4.69) is 103 Å². The summed E-state index contributed by atoms with van der Waals surface area (Å²) in [5.74, 6) is 4.70. The highest BCUT2D eigenvalue weighted by molar-refractivity contribution is 7.92. The molecule has 18 atom stereocenters. The van der Waals surface area contributed by atoms with Crippen molar-refractivity contribution in [3.63, 3.8) is 0 Å². The van der Waals surface area contributed by atoms with Crippen LogP contribution in [-0.2, 0) is 29.5 Å².